The van der Waals surface area contributed by atoms with Gasteiger partial charge >= 0.3 is 11.6 Å². The topological polar surface area (TPSA) is 43.4 Å². The molecule has 0 saturated carbocycles. The summed E-state index contributed by atoms with van der Waals surface area (Å²) in [5, 5.41) is 0. The molecule has 0 heterocycles. The molecule has 1 rings (SSSR count). The highest BCUT2D eigenvalue weighted by atomic mass is 32.1. The Kier molecular flexibility index (Phi) is 5.80. The molecule has 0 amide bonds. The lowest BCUT2D eigenvalue weighted by Crippen LogP contribution is -1.86. The van der Waals surface area contributed by atoms with E-state index >= 15 is 0 Å². The summed E-state index contributed by atoms with van der Waals surface area (Å²) >= 11 is -0.750. The van der Waals surface area contributed by atoms with Crippen LogP contribution in [0.25, 0.3) is 0 Å². The molecule has 0 radical (unpaired) electrons. The van der Waals surface area contributed by atoms with Gasteiger partial charge in [-0.1, -0.05) is 17.7 Å². The maximum atomic E-state index is 8.29. The smallest absolute Gasteiger partial charge is 0.335 e. The molecular weight excluding hydrogens is 188 g/mol. The van der Waals surface area contributed by atoms with Crippen LogP contribution in [-0.4, -0.2) is 15.5 Å². The Morgan fingerprint density at radius 1 is 1.23 bits per heavy atom. The third kappa shape index (κ3) is 4.42. The summed E-state index contributed by atoms with van der Waals surface area (Å²) in [5.74, 6) is 0.964. The third-order valence-electron chi connectivity index (χ3n) is 1.55. The average Bonchev–Trinajstić information content (AvgIpc) is 2.06. The van der Waals surface area contributed by atoms with E-state index in [-0.39, 0.29) is 0 Å². The van der Waals surface area contributed by atoms with Crippen molar-refractivity contribution in [1.82, 2.24) is 0 Å². The Bertz CT molecular complexity index is 304. The fourth-order valence-electron chi connectivity index (χ4n) is 1.03. The van der Waals surface area contributed by atoms with Gasteiger partial charge in [0.2, 0.25) is 0 Å². The van der Waals surface area contributed by atoms with Gasteiger partial charge in [-0.2, -0.15) is 8.42 Å². The van der Waals surface area contributed by atoms with E-state index in [2.05, 4.69) is 13.0 Å². The number of methoxy groups -OCH3 is 1. The average molecular weight is 200 g/mol. The first-order valence-corrected chi connectivity index (χ1v) is 4.35. The summed E-state index contributed by atoms with van der Waals surface area (Å²) in [6, 6.07) is 6.15. The van der Waals surface area contributed by atoms with Crippen LogP contribution in [-0.2, 0) is 11.6 Å². The van der Waals surface area contributed by atoms with E-state index in [0.717, 1.165) is 5.75 Å². The Balaban J connectivity index is 0.000000424. The molecule has 1 aromatic rings. The molecule has 1 aromatic carbocycles. The zero-order chi connectivity index (χ0) is 10.3. The number of hydrogen-bond donors (Lipinski definition) is 0. The van der Waals surface area contributed by atoms with Crippen LogP contribution in [0.1, 0.15) is 11.1 Å². The molecule has 72 valence electrons. The molecule has 0 unspecified atom stereocenters. The SMILES string of the molecule is COc1ccc(C)cc1C.O=S=O. The van der Waals surface area contributed by atoms with Crippen molar-refractivity contribution >= 4 is 11.6 Å². The number of aryl methyl sites for hydroxylation is 2. The van der Waals surface area contributed by atoms with Gasteiger partial charge in [0.15, 0.2) is 0 Å². The third-order valence-corrected chi connectivity index (χ3v) is 1.55. The van der Waals surface area contributed by atoms with E-state index in [1.807, 2.05) is 19.1 Å². The summed E-state index contributed by atoms with van der Waals surface area (Å²) in [7, 11) is 1.69. The Morgan fingerprint density at radius 3 is 2.15 bits per heavy atom. The van der Waals surface area contributed by atoms with Gasteiger partial charge in [0.25, 0.3) is 0 Å². The first kappa shape index (κ1) is 11.8. The van der Waals surface area contributed by atoms with Crippen molar-refractivity contribution in [3.8, 4) is 5.75 Å². The van der Waals surface area contributed by atoms with E-state index in [1.54, 1.807) is 7.11 Å². The van der Waals surface area contributed by atoms with E-state index in [4.69, 9.17) is 13.2 Å². The summed E-state index contributed by atoms with van der Waals surface area (Å²) in [5.41, 5.74) is 2.47. The van der Waals surface area contributed by atoms with Gasteiger partial charge < -0.3 is 4.74 Å². The number of benzene rings is 1. The lowest BCUT2D eigenvalue weighted by molar-refractivity contribution is 0.411. The normalized spacial score (nSPS) is 8.23. The number of rotatable bonds is 1. The molecule has 0 spiro atoms. The van der Waals surface area contributed by atoms with Gasteiger partial charge in [0.1, 0.15) is 5.75 Å². The predicted molar refractivity (Wildman–Crippen MR) is 51.4 cm³/mol. The molecule has 0 N–H and O–H groups in total. The zero-order valence-electron chi connectivity index (χ0n) is 7.87. The highest BCUT2D eigenvalue weighted by Gasteiger charge is 1.94. The second kappa shape index (κ2) is 6.37. The van der Waals surface area contributed by atoms with Crippen molar-refractivity contribution in [3.05, 3.63) is 29.3 Å². The molecular formula is C9H12O3S. The second-order valence-electron chi connectivity index (χ2n) is 2.54. The van der Waals surface area contributed by atoms with Crippen molar-refractivity contribution in [2.75, 3.05) is 7.11 Å². The molecule has 0 aromatic heterocycles. The number of ether oxygens (including phenoxy) is 1. The first-order valence-electron chi connectivity index (χ1n) is 3.68. The van der Waals surface area contributed by atoms with Gasteiger partial charge in [0.05, 0.1) is 7.11 Å². The zero-order valence-corrected chi connectivity index (χ0v) is 8.68. The minimum atomic E-state index is -0.750. The fourth-order valence-corrected chi connectivity index (χ4v) is 1.03. The monoisotopic (exact) mass is 200 g/mol. The predicted octanol–water partition coefficient (Wildman–Crippen LogP) is 1.64. The van der Waals surface area contributed by atoms with Crippen molar-refractivity contribution in [2.24, 2.45) is 0 Å². The molecule has 13 heavy (non-hydrogen) atoms. The van der Waals surface area contributed by atoms with Crippen LogP contribution in [0, 0.1) is 13.8 Å². The van der Waals surface area contributed by atoms with Crippen molar-refractivity contribution in [2.45, 2.75) is 13.8 Å². The Labute approximate surface area is 81.3 Å². The molecule has 0 fully saturated rings. The van der Waals surface area contributed by atoms with Crippen LogP contribution < -0.4 is 4.74 Å². The largest absolute Gasteiger partial charge is 0.496 e. The van der Waals surface area contributed by atoms with E-state index in [9.17, 15) is 0 Å². The second-order valence-corrected chi connectivity index (χ2v) is 2.68. The number of hydrogen-bond acceptors (Lipinski definition) is 3. The van der Waals surface area contributed by atoms with Gasteiger partial charge in [0, 0.05) is 0 Å². The van der Waals surface area contributed by atoms with E-state index in [1.165, 1.54) is 11.1 Å². The Hall–Kier alpha value is -1.16. The minimum Gasteiger partial charge on any atom is -0.496 e. The lowest BCUT2D eigenvalue weighted by atomic mass is 10.1. The molecule has 0 aliphatic rings. The molecule has 3 nitrogen and oxygen atoms in total. The van der Waals surface area contributed by atoms with Crippen LogP contribution in [0.15, 0.2) is 18.2 Å². The first-order chi connectivity index (χ1) is 6.15. The van der Waals surface area contributed by atoms with Crippen molar-refractivity contribution in [1.29, 1.82) is 0 Å². The van der Waals surface area contributed by atoms with Gasteiger partial charge in [-0.05, 0) is 25.5 Å². The van der Waals surface area contributed by atoms with E-state index < -0.39 is 11.6 Å². The standard InChI is InChI=1S/C9H12O.O2S/c1-7-4-5-9(10-3)8(2)6-7;1-3-2/h4-6H,1-3H3;. The molecule has 0 atom stereocenters. The lowest BCUT2D eigenvalue weighted by Gasteiger charge is -2.03. The highest BCUT2D eigenvalue weighted by Crippen LogP contribution is 2.17. The van der Waals surface area contributed by atoms with Crippen molar-refractivity contribution in [3.63, 3.8) is 0 Å². The van der Waals surface area contributed by atoms with Crippen LogP contribution in [0.4, 0.5) is 0 Å². The van der Waals surface area contributed by atoms with Crippen LogP contribution in [0.3, 0.4) is 0 Å². The van der Waals surface area contributed by atoms with Crippen molar-refractivity contribution < 1.29 is 13.2 Å². The highest BCUT2D eigenvalue weighted by molar-refractivity contribution is 7.51. The van der Waals surface area contributed by atoms with Crippen LogP contribution >= 0.6 is 0 Å². The maximum Gasteiger partial charge on any atom is 0.335 e. The summed E-state index contributed by atoms with van der Waals surface area (Å²) < 4.78 is 21.7. The summed E-state index contributed by atoms with van der Waals surface area (Å²) in [6.07, 6.45) is 0. The fraction of sp³-hybridized carbons (Fsp3) is 0.333. The van der Waals surface area contributed by atoms with Gasteiger partial charge in [-0.15, -0.1) is 0 Å². The maximum absolute atomic E-state index is 8.29. The van der Waals surface area contributed by atoms with E-state index in [0.29, 0.717) is 0 Å². The molecule has 0 aliphatic heterocycles. The summed E-state index contributed by atoms with van der Waals surface area (Å²) in [6.45, 7) is 4.12. The van der Waals surface area contributed by atoms with Gasteiger partial charge in [-0.3, -0.25) is 0 Å². The molecule has 0 aliphatic carbocycles. The van der Waals surface area contributed by atoms with Gasteiger partial charge in [-0.25, -0.2) is 0 Å². The van der Waals surface area contributed by atoms with Crippen LogP contribution in [0.2, 0.25) is 0 Å². The molecule has 4 heteroatoms. The van der Waals surface area contributed by atoms with Crippen LogP contribution in [0.5, 0.6) is 5.75 Å². The Morgan fingerprint density at radius 2 is 1.77 bits per heavy atom. The molecule has 0 bridgehead atoms. The minimum absolute atomic E-state index is 0.750. The summed E-state index contributed by atoms with van der Waals surface area (Å²) in [4.78, 5) is 0. The molecule has 0 saturated heterocycles. The quantitative estimate of drug-likeness (QED) is 0.692.